The van der Waals surface area contributed by atoms with Crippen molar-refractivity contribution in [3.63, 3.8) is 0 Å². The van der Waals surface area contributed by atoms with Crippen LogP contribution in [0.3, 0.4) is 0 Å². The van der Waals surface area contributed by atoms with E-state index in [1.54, 1.807) is 29.4 Å². The Bertz CT molecular complexity index is 1070. The van der Waals surface area contributed by atoms with E-state index in [1.807, 2.05) is 16.8 Å². The molecule has 142 valence electrons. The maximum absolute atomic E-state index is 14.7. The highest BCUT2D eigenvalue weighted by atomic mass is 35.5. The molecule has 3 aromatic rings. The highest BCUT2D eigenvalue weighted by Crippen LogP contribution is 2.37. The fourth-order valence-corrected chi connectivity index (χ4v) is 3.62. The summed E-state index contributed by atoms with van der Waals surface area (Å²) in [6.07, 6.45) is 4.66. The van der Waals surface area contributed by atoms with Crippen molar-refractivity contribution in [2.75, 3.05) is 6.54 Å². The maximum atomic E-state index is 14.7. The van der Waals surface area contributed by atoms with E-state index in [0.717, 1.165) is 16.8 Å². The Hall–Kier alpha value is -2.70. The number of pyridine rings is 1. The fraction of sp³-hybridized carbons (Fsp3) is 0.150. The molecule has 0 atom stereocenters. The van der Waals surface area contributed by atoms with Gasteiger partial charge in [-0.3, -0.25) is 14.5 Å². The Morgan fingerprint density at radius 1 is 1.18 bits per heavy atom. The van der Waals surface area contributed by atoms with Crippen molar-refractivity contribution >= 4 is 29.1 Å². The summed E-state index contributed by atoms with van der Waals surface area (Å²) in [6, 6.07) is 8.21. The van der Waals surface area contributed by atoms with Gasteiger partial charge in [-0.2, -0.15) is 5.10 Å². The number of nitrogens with zero attached hydrogens (tertiary/aromatic N) is 4. The number of hydrogen-bond acceptors (Lipinski definition) is 3. The third-order valence-electron chi connectivity index (χ3n) is 4.65. The average molecular weight is 417 g/mol. The normalized spacial score (nSPS) is 13.8. The molecule has 0 saturated heterocycles. The number of carbonyl (C=O) groups excluding carboxylic acids is 1. The van der Waals surface area contributed by atoms with Crippen molar-refractivity contribution in [1.29, 1.82) is 0 Å². The molecule has 1 amide bonds. The largest absolute Gasteiger partial charge is 0.331 e. The van der Waals surface area contributed by atoms with Gasteiger partial charge in [0.15, 0.2) is 0 Å². The van der Waals surface area contributed by atoms with Gasteiger partial charge in [-0.15, -0.1) is 0 Å². The Kier molecular flexibility index (Phi) is 5.15. The van der Waals surface area contributed by atoms with Crippen LogP contribution in [0.25, 0.3) is 22.4 Å². The number of aromatic nitrogens is 3. The second-order valence-corrected chi connectivity index (χ2v) is 6.99. The molecule has 4 rings (SSSR count). The van der Waals surface area contributed by atoms with E-state index in [-0.39, 0.29) is 5.91 Å². The Labute approximate surface area is 171 Å². The van der Waals surface area contributed by atoms with E-state index in [4.69, 9.17) is 23.2 Å². The third-order valence-corrected chi connectivity index (χ3v) is 5.01. The van der Waals surface area contributed by atoms with Crippen molar-refractivity contribution in [1.82, 2.24) is 19.7 Å². The minimum Gasteiger partial charge on any atom is -0.331 e. The number of carbonyl (C=O) groups is 1. The smallest absolute Gasteiger partial charge is 0.247 e. The molecule has 0 aliphatic carbocycles. The summed E-state index contributed by atoms with van der Waals surface area (Å²) in [6.45, 7) is 1.34. The Morgan fingerprint density at radius 3 is 2.68 bits per heavy atom. The van der Waals surface area contributed by atoms with Gasteiger partial charge in [0.1, 0.15) is 11.5 Å². The first-order valence-electron chi connectivity index (χ1n) is 8.59. The Morgan fingerprint density at radius 2 is 1.96 bits per heavy atom. The van der Waals surface area contributed by atoms with Crippen LogP contribution in [0.1, 0.15) is 5.69 Å². The van der Waals surface area contributed by atoms with Gasteiger partial charge < -0.3 is 4.90 Å². The molecule has 5 nitrogen and oxygen atoms in total. The lowest BCUT2D eigenvalue weighted by Gasteiger charge is -2.27. The molecule has 1 aliphatic heterocycles. The topological polar surface area (TPSA) is 51.0 Å². The monoisotopic (exact) mass is 416 g/mol. The molecule has 0 spiro atoms. The van der Waals surface area contributed by atoms with Crippen LogP contribution >= 0.6 is 23.2 Å². The van der Waals surface area contributed by atoms with Gasteiger partial charge in [-0.25, -0.2) is 4.39 Å². The van der Waals surface area contributed by atoms with Crippen LogP contribution in [0.5, 0.6) is 0 Å². The molecule has 2 aromatic heterocycles. The molecule has 0 bridgehead atoms. The number of rotatable bonds is 3. The number of fused-ring (bicyclic) bond motifs is 1. The standard InChI is InChI=1S/C20H15Cl2FN4O/c21-6-3-18(28)26-9-10-27-17(12-26)19(13-4-7-24-8-5-13)20(25-27)15-2-1-14(22)11-16(15)23/h1-8,11H,9-10,12H2/b6-3+. The quantitative estimate of drug-likeness (QED) is 0.590. The van der Waals surface area contributed by atoms with Crippen LogP contribution in [0.2, 0.25) is 5.02 Å². The number of amides is 1. The van der Waals surface area contributed by atoms with E-state index in [2.05, 4.69) is 10.1 Å². The zero-order valence-electron chi connectivity index (χ0n) is 14.6. The minimum absolute atomic E-state index is 0.178. The SMILES string of the molecule is O=C(/C=C/Cl)N1CCn2nc(-c3ccc(Cl)cc3F)c(-c3ccncc3)c2C1. The molecule has 0 radical (unpaired) electrons. The maximum Gasteiger partial charge on any atom is 0.247 e. The van der Waals surface area contributed by atoms with Crippen LogP contribution in [-0.2, 0) is 17.9 Å². The van der Waals surface area contributed by atoms with Gasteiger partial charge in [-0.1, -0.05) is 23.2 Å². The van der Waals surface area contributed by atoms with Crippen LogP contribution in [0, 0.1) is 5.82 Å². The lowest BCUT2D eigenvalue weighted by Crippen LogP contribution is -2.37. The van der Waals surface area contributed by atoms with E-state index < -0.39 is 5.82 Å². The van der Waals surface area contributed by atoms with Crippen LogP contribution < -0.4 is 0 Å². The summed E-state index contributed by atoms with van der Waals surface area (Å²) in [5.41, 5.74) is 4.53. The summed E-state index contributed by atoms with van der Waals surface area (Å²) in [5.74, 6) is -0.626. The predicted molar refractivity (Wildman–Crippen MR) is 106 cm³/mol. The first-order chi connectivity index (χ1) is 13.6. The van der Waals surface area contributed by atoms with Crippen molar-refractivity contribution in [2.45, 2.75) is 13.1 Å². The predicted octanol–water partition coefficient (Wildman–Crippen LogP) is 4.50. The second kappa shape index (κ2) is 7.73. The van der Waals surface area contributed by atoms with Gasteiger partial charge in [0.25, 0.3) is 0 Å². The van der Waals surface area contributed by atoms with E-state index in [1.165, 1.54) is 17.7 Å². The van der Waals surface area contributed by atoms with Crippen molar-refractivity contribution in [2.24, 2.45) is 0 Å². The molecule has 0 unspecified atom stereocenters. The summed E-state index contributed by atoms with van der Waals surface area (Å²) in [5, 5.41) is 4.98. The third kappa shape index (κ3) is 3.41. The van der Waals surface area contributed by atoms with Gasteiger partial charge in [0.05, 0.1) is 18.8 Å². The van der Waals surface area contributed by atoms with E-state index in [0.29, 0.717) is 35.9 Å². The first-order valence-corrected chi connectivity index (χ1v) is 9.41. The van der Waals surface area contributed by atoms with Gasteiger partial charge in [0.2, 0.25) is 5.91 Å². The first kappa shape index (κ1) is 18.7. The zero-order valence-corrected chi connectivity index (χ0v) is 16.2. The molecule has 0 saturated carbocycles. The van der Waals surface area contributed by atoms with E-state index in [9.17, 15) is 9.18 Å². The number of halogens is 3. The molecule has 0 fully saturated rings. The van der Waals surface area contributed by atoms with Crippen molar-refractivity contribution in [3.8, 4) is 22.4 Å². The molecule has 3 heterocycles. The molecule has 1 aliphatic rings. The van der Waals surface area contributed by atoms with Crippen LogP contribution in [0.15, 0.2) is 54.3 Å². The molecule has 0 N–H and O–H groups in total. The van der Waals surface area contributed by atoms with Crippen LogP contribution in [0.4, 0.5) is 4.39 Å². The highest BCUT2D eigenvalue weighted by molar-refractivity contribution is 6.30. The molecule has 28 heavy (non-hydrogen) atoms. The number of benzene rings is 1. The Balaban J connectivity index is 1.88. The summed E-state index contributed by atoms with van der Waals surface area (Å²) in [7, 11) is 0. The van der Waals surface area contributed by atoms with E-state index >= 15 is 0 Å². The summed E-state index contributed by atoms with van der Waals surface area (Å²) < 4.78 is 16.5. The zero-order chi connectivity index (χ0) is 19.7. The van der Waals surface area contributed by atoms with Crippen molar-refractivity contribution < 1.29 is 9.18 Å². The lowest BCUT2D eigenvalue weighted by molar-refractivity contribution is -0.127. The summed E-state index contributed by atoms with van der Waals surface area (Å²) in [4.78, 5) is 18.0. The van der Waals surface area contributed by atoms with Gasteiger partial charge in [0, 0.05) is 46.7 Å². The van der Waals surface area contributed by atoms with Gasteiger partial charge in [-0.05, 0) is 35.9 Å². The van der Waals surface area contributed by atoms with Gasteiger partial charge >= 0.3 is 0 Å². The molecular weight excluding hydrogens is 402 g/mol. The molecule has 1 aromatic carbocycles. The van der Waals surface area contributed by atoms with Crippen molar-refractivity contribution in [3.05, 3.63) is 70.9 Å². The highest BCUT2D eigenvalue weighted by Gasteiger charge is 2.28. The van der Waals surface area contributed by atoms with Crippen LogP contribution in [-0.4, -0.2) is 32.1 Å². The number of hydrogen-bond donors (Lipinski definition) is 0. The summed E-state index contributed by atoms with van der Waals surface area (Å²) >= 11 is 11.5. The second-order valence-electron chi connectivity index (χ2n) is 6.31. The molecular formula is C20H15Cl2FN4O. The lowest BCUT2D eigenvalue weighted by atomic mass is 9.98. The fourth-order valence-electron chi connectivity index (χ4n) is 3.36. The minimum atomic E-state index is -0.448. The molecule has 8 heteroatoms. The average Bonchev–Trinajstić information content (AvgIpc) is 3.07.